The molecule has 5 heteroatoms. The number of rotatable bonds is 3. The van der Waals surface area contributed by atoms with Gasteiger partial charge in [-0.3, -0.25) is 0 Å². The molecule has 0 atom stereocenters. The Hall–Kier alpha value is -1.85. The summed E-state index contributed by atoms with van der Waals surface area (Å²) in [7, 11) is 0. The van der Waals surface area contributed by atoms with Gasteiger partial charge in [0, 0.05) is 35.4 Å². The second-order valence-corrected chi connectivity index (χ2v) is 6.19. The summed E-state index contributed by atoms with van der Waals surface area (Å²) in [6.07, 6.45) is 3.55. The zero-order valence-electron chi connectivity index (χ0n) is 12.7. The number of fused-ring (bicyclic) bond motifs is 1. The van der Waals surface area contributed by atoms with Crippen molar-refractivity contribution in [3.63, 3.8) is 0 Å². The molecular formula is C17H22NO4+. The minimum atomic E-state index is -0.385. The second-order valence-electron chi connectivity index (χ2n) is 6.19. The molecule has 1 heterocycles. The number of hydrogen-bond acceptors (Lipinski definition) is 4. The van der Waals surface area contributed by atoms with Gasteiger partial charge in [-0.1, -0.05) is 0 Å². The Bertz CT molecular complexity index is 729. The summed E-state index contributed by atoms with van der Waals surface area (Å²) in [5.41, 5.74) is 1.61. The largest absolute Gasteiger partial charge is 0.508 e. The minimum absolute atomic E-state index is 0.137. The Morgan fingerprint density at radius 2 is 2.00 bits per heavy atom. The third-order valence-corrected chi connectivity index (χ3v) is 4.63. The second kappa shape index (κ2) is 6.10. The molecule has 1 aliphatic carbocycles. The summed E-state index contributed by atoms with van der Waals surface area (Å²) in [6, 6.07) is 5.46. The molecule has 1 fully saturated rings. The Balaban J connectivity index is 1.84. The fourth-order valence-electron chi connectivity index (χ4n) is 3.22. The lowest BCUT2D eigenvalue weighted by atomic mass is 9.93. The van der Waals surface area contributed by atoms with Gasteiger partial charge < -0.3 is 19.9 Å². The monoisotopic (exact) mass is 304 g/mol. The van der Waals surface area contributed by atoms with E-state index in [0.717, 1.165) is 36.6 Å². The van der Waals surface area contributed by atoms with Gasteiger partial charge in [0.1, 0.15) is 17.9 Å². The minimum Gasteiger partial charge on any atom is -0.508 e. The number of phenols is 1. The lowest BCUT2D eigenvalue weighted by molar-refractivity contribution is -0.707. The van der Waals surface area contributed by atoms with Crippen molar-refractivity contribution in [1.29, 1.82) is 0 Å². The molecule has 0 bridgehead atoms. The van der Waals surface area contributed by atoms with Crippen LogP contribution in [0.25, 0.3) is 11.0 Å². The van der Waals surface area contributed by atoms with Gasteiger partial charge in [0.15, 0.2) is 0 Å². The fourth-order valence-corrected chi connectivity index (χ4v) is 3.22. The average molecular weight is 304 g/mol. The number of aromatic hydroxyl groups is 1. The lowest BCUT2D eigenvalue weighted by Gasteiger charge is -2.23. The van der Waals surface area contributed by atoms with E-state index in [1.165, 1.54) is 6.07 Å². The molecule has 118 valence electrons. The third kappa shape index (κ3) is 3.00. The SMILES string of the molecule is Cc1c(O)ccc2c(C[NH2+]C3CCC(O)CC3)cc(=O)oc12. The number of nitrogens with two attached hydrogens (primary N) is 1. The van der Waals surface area contributed by atoms with Gasteiger partial charge >= 0.3 is 5.63 Å². The first-order valence-electron chi connectivity index (χ1n) is 7.81. The average Bonchev–Trinajstić information content (AvgIpc) is 2.50. The van der Waals surface area contributed by atoms with Crippen molar-refractivity contribution in [2.75, 3.05) is 0 Å². The molecule has 3 rings (SSSR count). The van der Waals surface area contributed by atoms with Crippen LogP contribution in [0.5, 0.6) is 5.75 Å². The zero-order chi connectivity index (χ0) is 15.7. The van der Waals surface area contributed by atoms with Crippen molar-refractivity contribution in [2.24, 2.45) is 0 Å². The predicted octanol–water partition coefficient (Wildman–Crippen LogP) is 1.17. The maximum Gasteiger partial charge on any atom is 0.336 e. The molecule has 0 radical (unpaired) electrons. The number of quaternary nitrogens is 1. The molecule has 1 saturated carbocycles. The Labute approximate surface area is 128 Å². The molecular weight excluding hydrogens is 282 g/mol. The maximum absolute atomic E-state index is 11.8. The van der Waals surface area contributed by atoms with Gasteiger partial charge in [-0.05, 0) is 31.9 Å². The number of aliphatic hydroxyl groups excluding tert-OH is 1. The van der Waals surface area contributed by atoms with Crippen molar-refractivity contribution >= 4 is 11.0 Å². The molecule has 0 amide bonds. The van der Waals surface area contributed by atoms with Crippen molar-refractivity contribution in [3.8, 4) is 5.75 Å². The van der Waals surface area contributed by atoms with Crippen LogP contribution in [0.15, 0.2) is 27.4 Å². The first kappa shape index (κ1) is 15.1. The summed E-state index contributed by atoms with van der Waals surface area (Å²) >= 11 is 0. The molecule has 0 unspecified atom stereocenters. The number of benzene rings is 1. The molecule has 4 N–H and O–H groups in total. The Kier molecular flexibility index (Phi) is 4.18. The number of aryl methyl sites for hydroxylation is 1. The molecule has 1 aromatic heterocycles. The smallest absolute Gasteiger partial charge is 0.336 e. The van der Waals surface area contributed by atoms with E-state index >= 15 is 0 Å². The molecule has 22 heavy (non-hydrogen) atoms. The number of hydrogen-bond donors (Lipinski definition) is 3. The lowest BCUT2D eigenvalue weighted by Crippen LogP contribution is -2.89. The van der Waals surface area contributed by atoms with E-state index in [1.807, 2.05) is 0 Å². The maximum atomic E-state index is 11.8. The first-order chi connectivity index (χ1) is 10.5. The summed E-state index contributed by atoms with van der Waals surface area (Å²) in [5.74, 6) is 0.137. The van der Waals surface area contributed by atoms with Gasteiger partial charge in [0.05, 0.1) is 12.1 Å². The molecule has 1 aromatic carbocycles. The van der Waals surface area contributed by atoms with Gasteiger partial charge in [-0.25, -0.2) is 4.79 Å². The molecule has 0 saturated heterocycles. The Morgan fingerprint density at radius 3 is 2.73 bits per heavy atom. The van der Waals surface area contributed by atoms with E-state index in [1.54, 1.807) is 19.1 Å². The molecule has 1 aliphatic rings. The predicted molar refractivity (Wildman–Crippen MR) is 82.8 cm³/mol. The highest BCUT2D eigenvalue weighted by molar-refractivity contribution is 5.84. The summed E-state index contributed by atoms with van der Waals surface area (Å²) in [6.45, 7) is 2.45. The summed E-state index contributed by atoms with van der Waals surface area (Å²) in [5, 5.41) is 22.4. The first-order valence-corrected chi connectivity index (χ1v) is 7.81. The molecule has 0 aliphatic heterocycles. The van der Waals surface area contributed by atoms with E-state index in [-0.39, 0.29) is 17.5 Å². The van der Waals surface area contributed by atoms with E-state index < -0.39 is 0 Å². The van der Waals surface area contributed by atoms with E-state index in [2.05, 4.69) is 5.32 Å². The standard InChI is InChI=1S/C17H21NO4/c1-10-15(20)7-6-14-11(8-16(21)22-17(10)14)9-18-12-2-4-13(19)5-3-12/h6-8,12-13,18-20H,2-5,9H2,1H3/p+1. The van der Waals surface area contributed by atoms with Crippen LogP contribution in [0.4, 0.5) is 0 Å². The van der Waals surface area contributed by atoms with Gasteiger partial charge in [-0.15, -0.1) is 0 Å². The number of aliphatic hydroxyl groups is 1. The highest BCUT2D eigenvalue weighted by Crippen LogP contribution is 2.27. The van der Waals surface area contributed by atoms with Crippen molar-refractivity contribution in [1.82, 2.24) is 0 Å². The van der Waals surface area contributed by atoms with E-state index in [4.69, 9.17) is 4.42 Å². The van der Waals surface area contributed by atoms with Gasteiger partial charge in [-0.2, -0.15) is 0 Å². The van der Waals surface area contributed by atoms with Crippen molar-refractivity contribution < 1.29 is 19.9 Å². The van der Waals surface area contributed by atoms with Crippen molar-refractivity contribution in [2.45, 2.75) is 51.3 Å². The fraction of sp³-hybridized carbons (Fsp3) is 0.471. The van der Waals surface area contributed by atoms with Crippen molar-refractivity contribution in [3.05, 3.63) is 39.7 Å². The van der Waals surface area contributed by atoms with Crippen LogP contribution in [0.2, 0.25) is 0 Å². The Morgan fingerprint density at radius 1 is 1.27 bits per heavy atom. The molecule has 2 aromatic rings. The van der Waals surface area contributed by atoms with Crippen LogP contribution in [0.3, 0.4) is 0 Å². The molecule has 0 spiro atoms. The third-order valence-electron chi connectivity index (χ3n) is 4.63. The van der Waals surface area contributed by atoms with Crippen LogP contribution in [-0.2, 0) is 6.54 Å². The van der Waals surface area contributed by atoms with Gasteiger partial charge in [0.2, 0.25) is 0 Å². The normalized spacial score (nSPS) is 22.1. The van der Waals surface area contributed by atoms with Gasteiger partial charge in [0.25, 0.3) is 0 Å². The summed E-state index contributed by atoms with van der Waals surface area (Å²) in [4.78, 5) is 11.8. The van der Waals surface area contributed by atoms with E-state index in [0.29, 0.717) is 23.7 Å². The van der Waals surface area contributed by atoms with Crippen LogP contribution >= 0.6 is 0 Å². The van der Waals surface area contributed by atoms with Crippen LogP contribution < -0.4 is 10.9 Å². The van der Waals surface area contributed by atoms with E-state index in [9.17, 15) is 15.0 Å². The quantitative estimate of drug-likeness (QED) is 0.743. The summed E-state index contributed by atoms with van der Waals surface area (Å²) < 4.78 is 5.26. The number of phenolic OH excluding ortho intramolecular Hbond substituents is 1. The van der Waals surface area contributed by atoms with Crippen LogP contribution in [0, 0.1) is 6.92 Å². The highest BCUT2D eigenvalue weighted by atomic mass is 16.4. The highest BCUT2D eigenvalue weighted by Gasteiger charge is 2.22. The topological polar surface area (TPSA) is 87.3 Å². The van der Waals surface area contributed by atoms with Crippen LogP contribution in [0.1, 0.15) is 36.8 Å². The van der Waals surface area contributed by atoms with Crippen LogP contribution in [-0.4, -0.2) is 22.4 Å². The molecule has 5 nitrogen and oxygen atoms in total. The zero-order valence-corrected chi connectivity index (χ0v) is 12.7.